The summed E-state index contributed by atoms with van der Waals surface area (Å²) in [7, 11) is -3.59. The van der Waals surface area contributed by atoms with Gasteiger partial charge in [-0.25, -0.2) is 8.42 Å². The molecule has 0 spiro atoms. The van der Waals surface area contributed by atoms with Crippen molar-refractivity contribution in [2.75, 3.05) is 13.1 Å². The van der Waals surface area contributed by atoms with Crippen LogP contribution in [0.2, 0.25) is 0 Å². The molecule has 1 fully saturated rings. The monoisotopic (exact) mass is 315 g/mol. The molecule has 2 N–H and O–H groups in total. The fourth-order valence-electron chi connectivity index (χ4n) is 3.39. The number of rotatable bonds is 5. The van der Waals surface area contributed by atoms with Gasteiger partial charge in [-0.2, -0.15) is 4.31 Å². The van der Waals surface area contributed by atoms with E-state index >= 15 is 0 Å². The van der Waals surface area contributed by atoms with E-state index in [0.29, 0.717) is 24.5 Å². The number of hydrogen-bond acceptors (Lipinski definition) is 5. The SMILES string of the molecule is CCN(C1CCCCC1CN)S(=O)(=O)c1c(C)noc1C. The Morgan fingerprint density at radius 1 is 1.33 bits per heavy atom. The van der Waals surface area contributed by atoms with Crippen molar-refractivity contribution >= 4 is 10.0 Å². The van der Waals surface area contributed by atoms with Crippen LogP contribution in [0.4, 0.5) is 0 Å². The van der Waals surface area contributed by atoms with Crippen molar-refractivity contribution in [2.45, 2.75) is 57.4 Å². The average molecular weight is 315 g/mol. The molecule has 1 saturated carbocycles. The van der Waals surface area contributed by atoms with E-state index in [9.17, 15) is 8.42 Å². The maximum atomic E-state index is 13.0. The zero-order valence-electron chi connectivity index (χ0n) is 13.0. The van der Waals surface area contributed by atoms with Gasteiger partial charge in [0.15, 0.2) is 5.76 Å². The minimum absolute atomic E-state index is 0.0209. The summed E-state index contributed by atoms with van der Waals surface area (Å²) in [5, 5.41) is 3.78. The van der Waals surface area contributed by atoms with Crippen LogP contribution in [0, 0.1) is 19.8 Å². The van der Waals surface area contributed by atoms with Crippen molar-refractivity contribution in [3.63, 3.8) is 0 Å². The van der Waals surface area contributed by atoms with E-state index in [2.05, 4.69) is 5.16 Å². The molecule has 1 aromatic heterocycles. The summed E-state index contributed by atoms with van der Waals surface area (Å²) >= 11 is 0. The minimum atomic E-state index is -3.59. The summed E-state index contributed by atoms with van der Waals surface area (Å²) in [5.41, 5.74) is 6.28. The molecule has 1 aliphatic carbocycles. The van der Waals surface area contributed by atoms with Gasteiger partial charge in [0.2, 0.25) is 10.0 Å². The van der Waals surface area contributed by atoms with Crippen molar-refractivity contribution < 1.29 is 12.9 Å². The molecule has 120 valence electrons. The van der Waals surface area contributed by atoms with Gasteiger partial charge in [0.05, 0.1) is 0 Å². The standard InChI is InChI=1S/C14H25N3O3S/c1-4-17(13-8-6-5-7-12(13)9-15)21(18,19)14-10(2)16-20-11(14)3/h12-13H,4-9,15H2,1-3H3. The van der Waals surface area contributed by atoms with Crippen molar-refractivity contribution in [1.29, 1.82) is 0 Å². The summed E-state index contributed by atoms with van der Waals surface area (Å²) < 4.78 is 32.7. The Hall–Kier alpha value is -0.920. The molecular formula is C14H25N3O3S. The second-order valence-corrected chi connectivity index (χ2v) is 7.54. The van der Waals surface area contributed by atoms with E-state index in [1.165, 1.54) is 0 Å². The zero-order chi connectivity index (χ0) is 15.6. The van der Waals surface area contributed by atoms with Gasteiger partial charge in [0.1, 0.15) is 10.6 Å². The number of aryl methyl sites for hydroxylation is 2. The lowest BCUT2D eigenvalue weighted by molar-refractivity contribution is 0.187. The van der Waals surface area contributed by atoms with Crippen LogP contribution in [0.25, 0.3) is 0 Å². The van der Waals surface area contributed by atoms with Crippen LogP contribution in [-0.4, -0.2) is 37.0 Å². The highest BCUT2D eigenvalue weighted by Crippen LogP contribution is 2.33. The highest BCUT2D eigenvalue weighted by atomic mass is 32.2. The van der Waals surface area contributed by atoms with Crippen LogP contribution in [0.5, 0.6) is 0 Å². The lowest BCUT2D eigenvalue weighted by Crippen LogP contribution is -2.48. The fraction of sp³-hybridized carbons (Fsp3) is 0.786. The molecule has 0 radical (unpaired) electrons. The quantitative estimate of drug-likeness (QED) is 0.895. The van der Waals surface area contributed by atoms with Crippen LogP contribution in [-0.2, 0) is 10.0 Å². The number of nitrogens with zero attached hydrogens (tertiary/aromatic N) is 2. The van der Waals surface area contributed by atoms with Crippen molar-refractivity contribution in [3.05, 3.63) is 11.5 Å². The molecule has 6 nitrogen and oxygen atoms in total. The number of nitrogens with two attached hydrogens (primary N) is 1. The van der Waals surface area contributed by atoms with E-state index in [1.807, 2.05) is 6.92 Å². The van der Waals surface area contributed by atoms with Crippen LogP contribution < -0.4 is 5.73 Å². The lowest BCUT2D eigenvalue weighted by Gasteiger charge is -2.38. The molecule has 2 unspecified atom stereocenters. The van der Waals surface area contributed by atoms with Crippen LogP contribution in [0.3, 0.4) is 0 Å². The Morgan fingerprint density at radius 3 is 2.52 bits per heavy atom. The Labute approximate surface area is 126 Å². The molecule has 2 atom stereocenters. The molecule has 7 heteroatoms. The van der Waals surface area contributed by atoms with Gasteiger partial charge in [0, 0.05) is 12.6 Å². The third-order valence-corrected chi connectivity index (χ3v) is 6.63. The first-order valence-corrected chi connectivity index (χ1v) is 9.02. The van der Waals surface area contributed by atoms with Crippen LogP contribution in [0.15, 0.2) is 9.42 Å². The maximum Gasteiger partial charge on any atom is 0.248 e. The highest BCUT2D eigenvalue weighted by molar-refractivity contribution is 7.89. The molecule has 21 heavy (non-hydrogen) atoms. The Morgan fingerprint density at radius 2 is 2.00 bits per heavy atom. The topological polar surface area (TPSA) is 89.4 Å². The predicted molar refractivity (Wildman–Crippen MR) is 80.3 cm³/mol. The average Bonchev–Trinajstić information content (AvgIpc) is 2.79. The number of sulfonamides is 1. The molecule has 0 bridgehead atoms. The molecule has 0 amide bonds. The smallest absolute Gasteiger partial charge is 0.248 e. The van der Waals surface area contributed by atoms with Crippen molar-refractivity contribution in [1.82, 2.24) is 9.46 Å². The van der Waals surface area contributed by atoms with Crippen LogP contribution in [0.1, 0.15) is 44.1 Å². The van der Waals surface area contributed by atoms with Crippen molar-refractivity contribution in [3.8, 4) is 0 Å². The first kappa shape index (κ1) is 16.5. The van der Waals surface area contributed by atoms with Gasteiger partial charge in [-0.05, 0) is 39.2 Å². The van der Waals surface area contributed by atoms with Crippen molar-refractivity contribution in [2.24, 2.45) is 11.7 Å². The summed E-state index contributed by atoms with van der Waals surface area (Å²) in [6.07, 6.45) is 4.04. The summed E-state index contributed by atoms with van der Waals surface area (Å²) in [4.78, 5) is 0.214. The first-order chi connectivity index (χ1) is 9.93. The second kappa shape index (κ2) is 6.46. The third kappa shape index (κ3) is 3.00. The maximum absolute atomic E-state index is 13.0. The van der Waals surface area contributed by atoms with Gasteiger partial charge in [-0.15, -0.1) is 0 Å². The molecular weight excluding hydrogens is 290 g/mol. The summed E-state index contributed by atoms with van der Waals surface area (Å²) in [6.45, 7) is 6.14. The first-order valence-electron chi connectivity index (χ1n) is 7.58. The molecule has 0 aliphatic heterocycles. The third-order valence-electron chi connectivity index (χ3n) is 4.39. The molecule has 0 aromatic carbocycles. The van der Waals surface area contributed by atoms with Gasteiger partial charge >= 0.3 is 0 Å². The predicted octanol–water partition coefficient (Wildman–Crippen LogP) is 1.82. The van der Waals surface area contributed by atoms with Gasteiger partial charge in [0.25, 0.3) is 0 Å². The Kier molecular flexibility index (Phi) is 5.06. The Bertz CT molecular complexity index is 563. The van der Waals surface area contributed by atoms with Gasteiger partial charge < -0.3 is 10.3 Å². The molecule has 1 heterocycles. The zero-order valence-corrected chi connectivity index (χ0v) is 13.8. The fourth-order valence-corrected chi connectivity index (χ4v) is 5.40. The van der Waals surface area contributed by atoms with Crippen LogP contribution >= 0.6 is 0 Å². The summed E-state index contributed by atoms with van der Waals surface area (Å²) in [5.74, 6) is 0.583. The molecule has 1 aliphatic rings. The Balaban J connectivity index is 2.40. The minimum Gasteiger partial charge on any atom is -0.360 e. The normalized spacial score (nSPS) is 23.7. The second-order valence-electron chi connectivity index (χ2n) is 5.71. The highest BCUT2D eigenvalue weighted by Gasteiger charge is 2.38. The molecule has 2 rings (SSSR count). The molecule has 0 saturated heterocycles. The van der Waals surface area contributed by atoms with E-state index in [1.54, 1.807) is 18.2 Å². The van der Waals surface area contributed by atoms with Gasteiger partial charge in [-0.1, -0.05) is 24.9 Å². The number of aromatic nitrogens is 1. The van der Waals surface area contributed by atoms with E-state index in [0.717, 1.165) is 25.7 Å². The van der Waals surface area contributed by atoms with E-state index in [4.69, 9.17) is 10.3 Å². The summed E-state index contributed by atoms with van der Waals surface area (Å²) in [6, 6.07) is -0.0209. The van der Waals surface area contributed by atoms with Gasteiger partial charge in [-0.3, -0.25) is 0 Å². The van der Waals surface area contributed by atoms with E-state index < -0.39 is 10.0 Å². The number of hydrogen-bond donors (Lipinski definition) is 1. The lowest BCUT2D eigenvalue weighted by atomic mass is 9.84. The molecule has 1 aromatic rings. The van der Waals surface area contributed by atoms with E-state index in [-0.39, 0.29) is 16.9 Å². The largest absolute Gasteiger partial charge is 0.360 e.